The summed E-state index contributed by atoms with van der Waals surface area (Å²) >= 11 is 0. The minimum atomic E-state index is -0.0546. The SMILES string of the molecule is COc1cc(/C=N/Nc2nn[nH]n2)ccc1OCCO. The van der Waals surface area contributed by atoms with Crippen LogP contribution in [-0.4, -0.2) is 52.3 Å². The highest BCUT2D eigenvalue weighted by Gasteiger charge is 2.04. The highest BCUT2D eigenvalue weighted by molar-refractivity contribution is 5.81. The van der Waals surface area contributed by atoms with Crippen molar-refractivity contribution in [3.8, 4) is 11.5 Å². The zero-order chi connectivity index (χ0) is 14.2. The predicted octanol–water partition coefficient (Wildman–Crippen LogP) is 0.0254. The number of benzene rings is 1. The first kappa shape index (κ1) is 13.7. The maximum atomic E-state index is 8.74. The topological polar surface area (TPSA) is 118 Å². The first-order valence-electron chi connectivity index (χ1n) is 5.77. The van der Waals surface area contributed by atoms with Crippen molar-refractivity contribution < 1.29 is 14.6 Å². The third kappa shape index (κ3) is 3.65. The van der Waals surface area contributed by atoms with Crippen molar-refractivity contribution in [1.29, 1.82) is 0 Å². The second-order valence-corrected chi connectivity index (χ2v) is 3.59. The number of hydrogen-bond donors (Lipinski definition) is 3. The van der Waals surface area contributed by atoms with Gasteiger partial charge in [-0.05, 0) is 29.0 Å². The fraction of sp³-hybridized carbons (Fsp3) is 0.273. The molecule has 2 aromatic rings. The highest BCUT2D eigenvalue weighted by Crippen LogP contribution is 2.27. The Hall–Kier alpha value is -2.68. The number of aliphatic hydroxyl groups excluding tert-OH is 1. The Kier molecular flexibility index (Phi) is 4.84. The number of H-pyrrole nitrogens is 1. The lowest BCUT2D eigenvalue weighted by molar-refractivity contribution is 0.196. The van der Waals surface area contributed by atoms with E-state index in [1.807, 2.05) is 0 Å². The van der Waals surface area contributed by atoms with Crippen LogP contribution in [0.1, 0.15) is 5.56 Å². The average molecular weight is 278 g/mol. The van der Waals surface area contributed by atoms with E-state index in [0.29, 0.717) is 11.5 Å². The fourth-order valence-electron chi connectivity index (χ4n) is 1.41. The van der Waals surface area contributed by atoms with Crippen molar-refractivity contribution in [2.24, 2.45) is 5.10 Å². The van der Waals surface area contributed by atoms with Gasteiger partial charge in [0.2, 0.25) is 0 Å². The van der Waals surface area contributed by atoms with E-state index in [2.05, 4.69) is 31.2 Å². The smallest absolute Gasteiger partial charge is 0.283 e. The van der Waals surface area contributed by atoms with Gasteiger partial charge < -0.3 is 14.6 Å². The molecule has 0 unspecified atom stereocenters. The molecule has 0 aliphatic rings. The molecule has 0 aliphatic heterocycles. The van der Waals surface area contributed by atoms with E-state index in [1.54, 1.807) is 31.5 Å². The van der Waals surface area contributed by atoms with Crippen LogP contribution in [0, 0.1) is 0 Å². The first-order chi connectivity index (χ1) is 9.83. The van der Waals surface area contributed by atoms with Crippen LogP contribution in [0.3, 0.4) is 0 Å². The molecule has 0 amide bonds. The summed E-state index contributed by atoms with van der Waals surface area (Å²) in [5, 5.41) is 25.8. The molecule has 0 atom stereocenters. The molecule has 0 saturated carbocycles. The monoisotopic (exact) mass is 278 g/mol. The van der Waals surface area contributed by atoms with Crippen LogP contribution in [0.2, 0.25) is 0 Å². The van der Waals surface area contributed by atoms with Crippen molar-refractivity contribution in [2.75, 3.05) is 25.7 Å². The van der Waals surface area contributed by atoms with Crippen LogP contribution in [-0.2, 0) is 0 Å². The van der Waals surface area contributed by atoms with Gasteiger partial charge in [0.25, 0.3) is 5.95 Å². The summed E-state index contributed by atoms with van der Waals surface area (Å²) in [7, 11) is 1.54. The molecular formula is C11H14N6O3. The number of aromatic nitrogens is 4. The Bertz CT molecular complexity index is 557. The number of aromatic amines is 1. The van der Waals surface area contributed by atoms with Crippen molar-refractivity contribution in [3.63, 3.8) is 0 Å². The van der Waals surface area contributed by atoms with Crippen LogP contribution in [0.15, 0.2) is 23.3 Å². The predicted molar refractivity (Wildman–Crippen MR) is 71.0 cm³/mol. The number of tetrazole rings is 1. The van der Waals surface area contributed by atoms with Crippen LogP contribution in [0.5, 0.6) is 11.5 Å². The van der Waals surface area contributed by atoms with Crippen LogP contribution in [0.25, 0.3) is 0 Å². The van der Waals surface area contributed by atoms with E-state index < -0.39 is 0 Å². The van der Waals surface area contributed by atoms with Crippen LogP contribution < -0.4 is 14.9 Å². The molecule has 0 bridgehead atoms. The average Bonchev–Trinajstić information content (AvgIpc) is 2.99. The molecule has 106 valence electrons. The molecule has 3 N–H and O–H groups in total. The Morgan fingerprint density at radius 2 is 2.35 bits per heavy atom. The number of anilines is 1. The first-order valence-corrected chi connectivity index (χ1v) is 5.77. The fourth-order valence-corrected chi connectivity index (χ4v) is 1.41. The van der Waals surface area contributed by atoms with E-state index in [0.717, 1.165) is 5.56 Å². The number of ether oxygens (including phenoxy) is 2. The Morgan fingerprint density at radius 3 is 3.05 bits per heavy atom. The molecule has 9 nitrogen and oxygen atoms in total. The maximum absolute atomic E-state index is 8.74. The van der Waals surface area contributed by atoms with Gasteiger partial charge in [0, 0.05) is 0 Å². The quantitative estimate of drug-likeness (QED) is 0.483. The van der Waals surface area contributed by atoms with Crippen LogP contribution in [0.4, 0.5) is 5.95 Å². The van der Waals surface area contributed by atoms with Crippen LogP contribution >= 0.6 is 0 Å². The normalized spacial score (nSPS) is 10.7. The van der Waals surface area contributed by atoms with Crippen molar-refractivity contribution in [3.05, 3.63) is 23.8 Å². The summed E-state index contributed by atoms with van der Waals surface area (Å²) in [5.41, 5.74) is 3.41. The third-order valence-corrected chi connectivity index (χ3v) is 2.26. The second-order valence-electron chi connectivity index (χ2n) is 3.59. The minimum absolute atomic E-state index is 0.0546. The number of nitrogens with one attached hydrogen (secondary N) is 2. The van der Waals surface area contributed by atoms with Gasteiger partial charge in [-0.1, -0.05) is 5.10 Å². The molecule has 0 saturated heterocycles. The highest BCUT2D eigenvalue weighted by atomic mass is 16.5. The molecule has 20 heavy (non-hydrogen) atoms. The van der Waals surface area contributed by atoms with Gasteiger partial charge in [0.15, 0.2) is 11.5 Å². The largest absolute Gasteiger partial charge is 0.493 e. The van der Waals surface area contributed by atoms with Crippen molar-refractivity contribution >= 4 is 12.2 Å². The molecule has 0 fully saturated rings. The van der Waals surface area contributed by atoms with Gasteiger partial charge in [-0.25, -0.2) is 5.43 Å². The maximum Gasteiger partial charge on any atom is 0.283 e. The molecule has 1 heterocycles. The molecule has 0 radical (unpaired) electrons. The van der Waals surface area contributed by atoms with Gasteiger partial charge in [-0.2, -0.15) is 10.3 Å². The lowest BCUT2D eigenvalue weighted by Gasteiger charge is -2.09. The Labute approximate surface area is 114 Å². The standard InChI is InChI=1S/C11H14N6O3/c1-19-10-6-8(2-3-9(10)20-5-4-18)7-12-13-11-14-16-17-15-11/h2-3,6-7,18H,4-5H2,1H3,(H2,13,14,15,16,17)/b12-7+. The molecule has 1 aromatic carbocycles. The number of hydrogen-bond acceptors (Lipinski definition) is 8. The van der Waals surface area contributed by atoms with Crippen molar-refractivity contribution in [2.45, 2.75) is 0 Å². The lowest BCUT2D eigenvalue weighted by atomic mass is 10.2. The molecule has 2 rings (SSSR count). The second kappa shape index (κ2) is 7.04. The van der Waals surface area contributed by atoms with Gasteiger partial charge in [0.05, 0.1) is 19.9 Å². The number of nitrogens with zero attached hydrogens (tertiary/aromatic N) is 4. The Morgan fingerprint density at radius 1 is 1.45 bits per heavy atom. The summed E-state index contributed by atoms with van der Waals surface area (Å²) < 4.78 is 10.5. The number of rotatable bonds is 7. The third-order valence-electron chi connectivity index (χ3n) is 2.26. The van der Waals surface area contributed by atoms with Gasteiger partial charge in [-0.3, -0.25) is 0 Å². The number of hydrazone groups is 1. The van der Waals surface area contributed by atoms with Gasteiger partial charge in [0.1, 0.15) is 6.61 Å². The Balaban J connectivity index is 2.03. The van der Waals surface area contributed by atoms with E-state index in [4.69, 9.17) is 14.6 Å². The van der Waals surface area contributed by atoms with Gasteiger partial charge >= 0.3 is 0 Å². The zero-order valence-corrected chi connectivity index (χ0v) is 10.8. The minimum Gasteiger partial charge on any atom is -0.493 e. The van der Waals surface area contributed by atoms with Crippen molar-refractivity contribution in [1.82, 2.24) is 20.6 Å². The van der Waals surface area contributed by atoms with Gasteiger partial charge in [-0.15, -0.1) is 5.10 Å². The molecule has 0 spiro atoms. The summed E-state index contributed by atoms with van der Waals surface area (Å²) in [6.45, 7) is 0.157. The summed E-state index contributed by atoms with van der Waals surface area (Å²) in [5.74, 6) is 1.39. The summed E-state index contributed by atoms with van der Waals surface area (Å²) in [6, 6.07) is 5.30. The van der Waals surface area contributed by atoms with E-state index in [9.17, 15) is 0 Å². The molecule has 0 aliphatic carbocycles. The molecule has 1 aromatic heterocycles. The number of aliphatic hydroxyl groups is 1. The van der Waals surface area contributed by atoms with E-state index in [1.165, 1.54) is 0 Å². The summed E-state index contributed by atoms with van der Waals surface area (Å²) in [6.07, 6.45) is 1.58. The number of methoxy groups -OCH3 is 1. The zero-order valence-electron chi connectivity index (χ0n) is 10.8. The summed E-state index contributed by atoms with van der Waals surface area (Å²) in [4.78, 5) is 0. The molecule has 9 heteroatoms. The molecular weight excluding hydrogens is 264 g/mol. The lowest BCUT2D eigenvalue weighted by Crippen LogP contribution is -2.03. The van der Waals surface area contributed by atoms with E-state index >= 15 is 0 Å². The van der Waals surface area contributed by atoms with E-state index in [-0.39, 0.29) is 19.2 Å².